The number of rotatable bonds is 2. The third-order valence-electron chi connectivity index (χ3n) is 1.22. The number of primary amides is 1. The van der Waals surface area contributed by atoms with Crippen molar-refractivity contribution < 1.29 is 4.79 Å². The maximum absolute atomic E-state index is 10.3. The Bertz CT molecular complexity index is 167. The topological polar surface area (TPSA) is 55.5 Å². The van der Waals surface area contributed by atoms with Crippen LogP contribution in [0.15, 0.2) is 4.99 Å². The lowest BCUT2D eigenvalue weighted by Gasteiger charge is -1.94. The Morgan fingerprint density at radius 1 is 1.80 bits per heavy atom. The number of aliphatic imine (C=N–C) groups is 1. The van der Waals surface area contributed by atoms with Gasteiger partial charge in [0.05, 0.1) is 10.8 Å². The van der Waals surface area contributed by atoms with Gasteiger partial charge >= 0.3 is 0 Å². The molecule has 1 aliphatic heterocycles. The van der Waals surface area contributed by atoms with Crippen molar-refractivity contribution >= 4 is 22.7 Å². The molecule has 3 nitrogen and oxygen atoms in total. The zero-order valence-corrected chi connectivity index (χ0v) is 6.49. The highest BCUT2D eigenvalue weighted by molar-refractivity contribution is 8.14. The van der Waals surface area contributed by atoms with Crippen LogP contribution in [0.2, 0.25) is 0 Å². The molecule has 0 spiro atoms. The Morgan fingerprint density at radius 2 is 2.60 bits per heavy atom. The van der Waals surface area contributed by atoms with Crippen LogP contribution in [0.3, 0.4) is 0 Å². The molecule has 0 aliphatic carbocycles. The van der Waals surface area contributed by atoms with E-state index in [1.54, 1.807) is 0 Å². The van der Waals surface area contributed by atoms with Crippen molar-refractivity contribution in [1.29, 1.82) is 0 Å². The molecule has 1 heterocycles. The van der Waals surface area contributed by atoms with E-state index in [1.807, 2.05) is 0 Å². The van der Waals surface area contributed by atoms with E-state index in [2.05, 4.69) is 4.99 Å². The average molecular weight is 158 g/mol. The van der Waals surface area contributed by atoms with Gasteiger partial charge in [-0.1, -0.05) is 0 Å². The highest BCUT2D eigenvalue weighted by Gasteiger charge is 2.07. The molecule has 0 radical (unpaired) electrons. The first-order valence-corrected chi connectivity index (χ1v) is 4.22. The molecule has 0 bridgehead atoms. The van der Waals surface area contributed by atoms with Crippen molar-refractivity contribution in [3.63, 3.8) is 0 Å². The van der Waals surface area contributed by atoms with Crippen LogP contribution >= 0.6 is 11.8 Å². The minimum Gasteiger partial charge on any atom is -0.369 e. The first kappa shape index (κ1) is 7.60. The molecular weight excluding hydrogens is 148 g/mol. The number of thioether (sulfide) groups is 1. The van der Waals surface area contributed by atoms with Crippen molar-refractivity contribution in [2.45, 2.75) is 12.8 Å². The zero-order valence-electron chi connectivity index (χ0n) is 5.67. The first-order valence-electron chi connectivity index (χ1n) is 3.23. The van der Waals surface area contributed by atoms with Gasteiger partial charge in [-0.25, -0.2) is 0 Å². The van der Waals surface area contributed by atoms with Crippen LogP contribution in [-0.2, 0) is 4.79 Å². The van der Waals surface area contributed by atoms with Gasteiger partial charge < -0.3 is 5.73 Å². The largest absolute Gasteiger partial charge is 0.369 e. The summed E-state index contributed by atoms with van der Waals surface area (Å²) in [7, 11) is 0. The Balaban J connectivity index is 2.19. The molecule has 1 rings (SSSR count). The van der Waals surface area contributed by atoms with Crippen LogP contribution in [0.25, 0.3) is 0 Å². The molecule has 1 amide bonds. The highest BCUT2D eigenvalue weighted by atomic mass is 32.2. The molecule has 4 heteroatoms. The molecule has 10 heavy (non-hydrogen) atoms. The van der Waals surface area contributed by atoms with Gasteiger partial charge in [-0.15, -0.1) is 11.8 Å². The summed E-state index contributed by atoms with van der Waals surface area (Å²) in [5, 5.41) is 1.08. The minimum absolute atomic E-state index is 0.264. The van der Waals surface area contributed by atoms with Gasteiger partial charge in [0.1, 0.15) is 0 Å². The summed E-state index contributed by atoms with van der Waals surface area (Å²) < 4.78 is 0. The fourth-order valence-corrected chi connectivity index (χ4v) is 1.57. The van der Waals surface area contributed by atoms with E-state index >= 15 is 0 Å². The second-order valence-corrected chi connectivity index (χ2v) is 3.18. The highest BCUT2D eigenvalue weighted by Crippen LogP contribution is 2.14. The maximum Gasteiger partial charge on any atom is 0.227 e. The van der Waals surface area contributed by atoms with E-state index in [0.29, 0.717) is 5.75 Å². The lowest BCUT2D eigenvalue weighted by molar-refractivity contribution is -0.115. The fourth-order valence-electron chi connectivity index (χ4n) is 0.785. The van der Waals surface area contributed by atoms with Crippen molar-refractivity contribution in [3.8, 4) is 0 Å². The molecular formula is C6H10N2OS. The second kappa shape index (κ2) is 3.61. The summed E-state index contributed by atoms with van der Waals surface area (Å²) in [6.07, 6.45) is 2.15. The zero-order chi connectivity index (χ0) is 7.40. The van der Waals surface area contributed by atoms with Crippen LogP contribution in [0.5, 0.6) is 0 Å². The van der Waals surface area contributed by atoms with Crippen molar-refractivity contribution in [1.82, 2.24) is 0 Å². The maximum atomic E-state index is 10.3. The summed E-state index contributed by atoms with van der Waals surface area (Å²) in [5.41, 5.74) is 4.96. The van der Waals surface area contributed by atoms with E-state index in [4.69, 9.17) is 5.73 Å². The normalized spacial score (nSPS) is 17.0. The van der Waals surface area contributed by atoms with E-state index < -0.39 is 0 Å². The van der Waals surface area contributed by atoms with Crippen LogP contribution in [0.1, 0.15) is 12.8 Å². The van der Waals surface area contributed by atoms with Crippen LogP contribution < -0.4 is 5.73 Å². The standard InChI is InChI=1S/C6H10N2OS/c7-5(9)4-10-6-2-1-3-8-6/h1-4H2,(H2,7,9). The molecule has 0 atom stereocenters. The molecule has 2 N–H and O–H groups in total. The van der Waals surface area contributed by atoms with Gasteiger partial charge in [0.2, 0.25) is 5.91 Å². The second-order valence-electron chi connectivity index (χ2n) is 2.13. The number of nitrogens with zero attached hydrogens (tertiary/aromatic N) is 1. The number of carbonyl (C=O) groups excluding carboxylic acids is 1. The third-order valence-corrected chi connectivity index (χ3v) is 2.31. The molecule has 1 aliphatic rings. The number of amides is 1. The van der Waals surface area contributed by atoms with Crippen LogP contribution in [0, 0.1) is 0 Å². The van der Waals surface area contributed by atoms with E-state index in [9.17, 15) is 4.79 Å². The number of hydrogen-bond donors (Lipinski definition) is 1. The van der Waals surface area contributed by atoms with Gasteiger partial charge in [0.25, 0.3) is 0 Å². The monoisotopic (exact) mass is 158 g/mol. The average Bonchev–Trinajstić information content (AvgIpc) is 2.34. The summed E-state index contributed by atoms with van der Waals surface area (Å²) in [4.78, 5) is 14.5. The molecule has 0 saturated carbocycles. The number of hydrogen-bond acceptors (Lipinski definition) is 3. The summed E-state index contributed by atoms with van der Waals surface area (Å²) in [6, 6.07) is 0. The number of nitrogens with two attached hydrogens (primary N) is 1. The fraction of sp³-hybridized carbons (Fsp3) is 0.667. The van der Waals surface area contributed by atoms with Crippen molar-refractivity contribution in [3.05, 3.63) is 0 Å². The Kier molecular flexibility index (Phi) is 2.74. The summed E-state index contributed by atoms with van der Waals surface area (Å²) >= 11 is 1.47. The lowest BCUT2D eigenvalue weighted by Crippen LogP contribution is -2.14. The van der Waals surface area contributed by atoms with E-state index in [0.717, 1.165) is 24.4 Å². The van der Waals surface area contributed by atoms with Gasteiger partial charge in [-0.3, -0.25) is 9.79 Å². The minimum atomic E-state index is -0.264. The van der Waals surface area contributed by atoms with Crippen molar-refractivity contribution in [2.75, 3.05) is 12.3 Å². The molecule has 0 aromatic carbocycles. The quantitative estimate of drug-likeness (QED) is 0.632. The third kappa shape index (κ3) is 2.39. The molecule has 0 aromatic heterocycles. The van der Waals surface area contributed by atoms with Gasteiger partial charge in [-0.05, 0) is 12.8 Å². The molecule has 56 valence electrons. The van der Waals surface area contributed by atoms with E-state index in [-0.39, 0.29) is 5.91 Å². The SMILES string of the molecule is NC(=O)CSC1=NCCC1. The summed E-state index contributed by atoms with van der Waals surface area (Å²) in [5.74, 6) is 0.110. The molecule has 0 aromatic rings. The van der Waals surface area contributed by atoms with Crippen molar-refractivity contribution in [2.24, 2.45) is 10.7 Å². The van der Waals surface area contributed by atoms with Gasteiger partial charge in [0, 0.05) is 6.54 Å². The lowest BCUT2D eigenvalue weighted by atomic mass is 10.4. The summed E-state index contributed by atoms with van der Waals surface area (Å²) in [6.45, 7) is 0.918. The molecule has 0 unspecified atom stereocenters. The van der Waals surface area contributed by atoms with E-state index in [1.165, 1.54) is 11.8 Å². The predicted octanol–water partition coefficient (Wildman–Crippen LogP) is 0.397. The molecule has 0 saturated heterocycles. The van der Waals surface area contributed by atoms with Gasteiger partial charge in [0.15, 0.2) is 0 Å². The Morgan fingerprint density at radius 3 is 3.10 bits per heavy atom. The molecule has 0 fully saturated rings. The smallest absolute Gasteiger partial charge is 0.227 e. The predicted molar refractivity (Wildman–Crippen MR) is 43.2 cm³/mol. The van der Waals surface area contributed by atoms with Crippen LogP contribution in [-0.4, -0.2) is 23.2 Å². The first-order chi connectivity index (χ1) is 4.79. The Hall–Kier alpha value is -0.510. The Labute approximate surface area is 64.1 Å². The number of carbonyl (C=O) groups is 1. The van der Waals surface area contributed by atoms with Crippen LogP contribution in [0.4, 0.5) is 0 Å². The van der Waals surface area contributed by atoms with Gasteiger partial charge in [-0.2, -0.15) is 0 Å².